The Balaban J connectivity index is 3.13. The number of halogens is 4. The summed E-state index contributed by atoms with van der Waals surface area (Å²) in [7, 11) is 0. The van der Waals surface area contributed by atoms with Gasteiger partial charge in [0, 0.05) is 23.7 Å². The van der Waals surface area contributed by atoms with E-state index in [9.17, 15) is 13.6 Å². The highest BCUT2D eigenvalue weighted by atomic mass is 79.9. The van der Waals surface area contributed by atoms with E-state index in [1.165, 1.54) is 0 Å². The molecule has 0 fully saturated rings. The van der Waals surface area contributed by atoms with Crippen molar-refractivity contribution >= 4 is 43.5 Å². The number of nitrogens with zero attached hydrogens (tertiary/aromatic N) is 1. The van der Waals surface area contributed by atoms with Crippen LogP contribution in [0.2, 0.25) is 0 Å². The van der Waals surface area contributed by atoms with Gasteiger partial charge in [-0.2, -0.15) is 0 Å². The van der Waals surface area contributed by atoms with Crippen LogP contribution in [-0.4, -0.2) is 35.3 Å². The van der Waals surface area contributed by atoms with Crippen LogP contribution >= 0.6 is 31.9 Å². The second-order valence-corrected chi connectivity index (χ2v) is 7.24. The topological polar surface area (TPSA) is 29.5 Å². The van der Waals surface area contributed by atoms with Gasteiger partial charge < -0.3 is 9.64 Å². The number of ether oxygens (including phenoxy) is 1. The normalized spacial score (nSPS) is 11.4. The highest BCUT2D eigenvalue weighted by Crippen LogP contribution is 2.26. The number of esters is 1. The molecular formula is C15H19Br2F2NO2. The minimum absolute atomic E-state index is 0.133. The first-order valence-corrected chi connectivity index (χ1v) is 9.03. The van der Waals surface area contributed by atoms with Crippen molar-refractivity contribution in [1.29, 1.82) is 0 Å². The van der Waals surface area contributed by atoms with Gasteiger partial charge in [-0.05, 0) is 32.9 Å². The smallest absolute Gasteiger partial charge is 0.338 e. The van der Waals surface area contributed by atoms with E-state index in [0.29, 0.717) is 23.7 Å². The number of carbonyl (C=O) groups is 1. The minimum atomic E-state index is -0.775. The maximum absolute atomic E-state index is 14.3. The fourth-order valence-corrected chi connectivity index (χ4v) is 2.72. The maximum atomic E-state index is 14.3. The molecule has 0 saturated carbocycles. The minimum Gasteiger partial charge on any atom is -0.456 e. The summed E-state index contributed by atoms with van der Waals surface area (Å²) in [6.07, 6.45) is 0. The molecule has 0 amide bonds. The molecule has 0 heterocycles. The van der Waals surface area contributed by atoms with Gasteiger partial charge in [0.25, 0.3) is 0 Å². The van der Waals surface area contributed by atoms with Crippen molar-refractivity contribution in [3.8, 4) is 0 Å². The number of hydrogen-bond acceptors (Lipinski definition) is 3. The quantitative estimate of drug-likeness (QED) is 0.479. The van der Waals surface area contributed by atoms with Crippen molar-refractivity contribution in [2.75, 3.05) is 28.6 Å². The Bertz CT molecular complexity index is 504. The number of rotatable bonds is 6. The molecule has 0 N–H and O–H groups in total. The molecule has 0 spiro atoms. The lowest BCUT2D eigenvalue weighted by atomic mass is 10.1. The molecule has 3 nitrogen and oxygen atoms in total. The van der Waals surface area contributed by atoms with E-state index >= 15 is 0 Å². The van der Waals surface area contributed by atoms with Gasteiger partial charge >= 0.3 is 5.97 Å². The van der Waals surface area contributed by atoms with Crippen LogP contribution in [0.4, 0.5) is 14.5 Å². The summed E-state index contributed by atoms with van der Waals surface area (Å²) in [4.78, 5) is 13.5. The van der Waals surface area contributed by atoms with Crippen molar-refractivity contribution in [1.82, 2.24) is 0 Å². The maximum Gasteiger partial charge on any atom is 0.338 e. The van der Waals surface area contributed by atoms with E-state index < -0.39 is 23.2 Å². The summed E-state index contributed by atoms with van der Waals surface area (Å²) in [5.74, 6) is -2.30. The van der Waals surface area contributed by atoms with Gasteiger partial charge in [-0.1, -0.05) is 31.9 Å². The SMILES string of the molecule is CC(C)(C)OC(=O)c1cc(F)c(N(CCBr)CCBr)c(F)c1. The van der Waals surface area contributed by atoms with Crippen LogP contribution in [0.5, 0.6) is 0 Å². The molecule has 0 unspecified atom stereocenters. The Morgan fingerprint density at radius 1 is 1.14 bits per heavy atom. The van der Waals surface area contributed by atoms with Gasteiger partial charge in [0.15, 0.2) is 0 Å². The average molecular weight is 443 g/mol. The molecule has 0 atom stereocenters. The molecule has 0 aliphatic rings. The molecule has 0 aromatic heterocycles. The Morgan fingerprint density at radius 3 is 1.95 bits per heavy atom. The Kier molecular flexibility index (Phi) is 7.25. The van der Waals surface area contributed by atoms with Gasteiger partial charge in [0.05, 0.1) is 5.56 Å². The van der Waals surface area contributed by atoms with E-state index in [1.807, 2.05) is 0 Å². The Labute approximate surface area is 146 Å². The summed E-state index contributed by atoms with van der Waals surface area (Å²) in [5, 5.41) is 1.15. The molecule has 124 valence electrons. The van der Waals surface area contributed by atoms with E-state index in [2.05, 4.69) is 31.9 Å². The third-order valence-electron chi connectivity index (χ3n) is 2.68. The number of benzene rings is 1. The van der Waals surface area contributed by atoms with E-state index in [4.69, 9.17) is 4.74 Å². The highest BCUT2D eigenvalue weighted by molar-refractivity contribution is 9.09. The Hall–Kier alpha value is -0.690. The Morgan fingerprint density at radius 2 is 1.59 bits per heavy atom. The molecule has 0 radical (unpaired) electrons. The zero-order chi connectivity index (χ0) is 16.9. The molecule has 1 rings (SSSR count). The third kappa shape index (κ3) is 5.50. The molecule has 22 heavy (non-hydrogen) atoms. The van der Waals surface area contributed by atoms with E-state index in [1.54, 1.807) is 25.7 Å². The fourth-order valence-electron chi connectivity index (χ4n) is 1.86. The molecule has 0 aliphatic carbocycles. The average Bonchev–Trinajstić information content (AvgIpc) is 2.36. The summed E-state index contributed by atoms with van der Waals surface area (Å²) >= 11 is 6.52. The number of alkyl halides is 2. The first-order valence-electron chi connectivity index (χ1n) is 6.79. The zero-order valence-corrected chi connectivity index (χ0v) is 15.9. The van der Waals surface area contributed by atoms with Crippen molar-refractivity contribution in [3.63, 3.8) is 0 Å². The molecule has 1 aromatic carbocycles. The second kappa shape index (κ2) is 8.24. The van der Waals surface area contributed by atoms with Crippen LogP contribution in [0.3, 0.4) is 0 Å². The van der Waals surface area contributed by atoms with Crippen LogP contribution in [0.15, 0.2) is 12.1 Å². The highest BCUT2D eigenvalue weighted by Gasteiger charge is 2.23. The first kappa shape index (κ1) is 19.4. The van der Waals surface area contributed by atoms with Crippen molar-refractivity contribution in [2.24, 2.45) is 0 Å². The molecular weight excluding hydrogens is 424 g/mol. The lowest BCUT2D eigenvalue weighted by molar-refractivity contribution is 0.00685. The number of carbonyl (C=O) groups excluding carboxylic acids is 1. The van der Waals surface area contributed by atoms with Gasteiger partial charge in [0.2, 0.25) is 0 Å². The standard InChI is InChI=1S/C15H19Br2F2NO2/c1-15(2,3)22-14(21)10-8-11(18)13(12(19)9-10)20(6-4-16)7-5-17/h8-9H,4-7H2,1-3H3. The van der Waals surface area contributed by atoms with Crippen molar-refractivity contribution in [3.05, 3.63) is 29.3 Å². The van der Waals surface area contributed by atoms with Crippen LogP contribution in [0, 0.1) is 11.6 Å². The summed E-state index contributed by atoms with van der Waals surface area (Å²) < 4.78 is 33.7. The third-order valence-corrected chi connectivity index (χ3v) is 3.39. The molecule has 7 heteroatoms. The predicted molar refractivity (Wildman–Crippen MR) is 91.3 cm³/mol. The van der Waals surface area contributed by atoms with Gasteiger partial charge in [0.1, 0.15) is 22.9 Å². The second-order valence-electron chi connectivity index (χ2n) is 5.66. The number of hydrogen-bond donors (Lipinski definition) is 0. The summed E-state index contributed by atoms with van der Waals surface area (Å²) in [5.41, 5.74) is -0.988. The van der Waals surface area contributed by atoms with Gasteiger partial charge in [-0.15, -0.1) is 0 Å². The lowest BCUT2D eigenvalue weighted by Crippen LogP contribution is -2.29. The monoisotopic (exact) mass is 441 g/mol. The summed E-state index contributed by atoms with van der Waals surface area (Å²) in [6, 6.07) is 2.03. The van der Waals surface area contributed by atoms with Gasteiger partial charge in [-0.25, -0.2) is 13.6 Å². The van der Waals surface area contributed by atoms with Crippen LogP contribution < -0.4 is 4.90 Å². The number of anilines is 1. The molecule has 0 saturated heterocycles. The van der Waals surface area contributed by atoms with E-state index in [-0.39, 0.29) is 11.3 Å². The van der Waals surface area contributed by atoms with Crippen molar-refractivity contribution in [2.45, 2.75) is 26.4 Å². The lowest BCUT2D eigenvalue weighted by Gasteiger charge is -2.25. The van der Waals surface area contributed by atoms with Crippen LogP contribution in [-0.2, 0) is 4.74 Å². The van der Waals surface area contributed by atoms with Crippen LogP contribution in [0.1, 0.15) is 31.1 Å². The van der Waals surface area contributed by atoms with Crippen molar-refractivity contribution < 1.29 is 18.3 Å². The van der Waals surface area contributed by atoms with E-state index in [0.717, 1.165) is 12.1 Å². The fraction of sp³-hybridized carbons (Fsp3) is 0.533. The molecule has 1 aromatic rings. The predicted octanol–water partition coefficient (Wildman–Crippen LogP) is 4.52. The van der Waals surface area contributed by atoms with Crippen LogP contribution in [0.25, 0.3) is 0 Å². The molecule has 0 aliphatic heterocycles. The van der Waals surface area contributed by atoms with Gasteiger partial charge in [-0.3, -0.25) is 0 Å². The molecule has 0 bridgehead atoms. The zero-order valence-electron chi connectivity index (χ0n) is 12.8. The first-order chi connectivity index (χ1) is 10.2. The largest absolute Gasteiger partial charge is 0.456 e. The summed E-state index contributed by atoms with van der Waals surface area (Å²) in [6.45, 7) is 5.98.